The van der Waals surface area contributed by atoms with Crippen molar-refractivity contribution in [3.05, 3.63) is 35.9 Å². The molecule has 3 heterocycles. The van der Waals surface area contributed by atoms with Crippen LogP contribution < -0.4 is 4.74 Å². The van der Waals surface area contributed by atoms with Gasteiger partial charge >= 0.3 is 0 Å². The Labute approximate surface area is 148 Å². The highest BCUT2D eigenvalue weighted by molar-refractivity contribution is 5.84. The van der Waals surface area contributed by atoms with E-state index in [2.05, 4.69) is 22.0 Å². The highest BCUT2D eigenvalue weighted by Crippen LogP contribution is 2.40. The molecular weight excluding hydrogens is 314 g/mol. The number of hydrogen-bond donors (Lipinski definition) is 0. The summed E-state index contributed by atoms with van der Waals surface area (Å²) in [4.78, 5) is 21.6. The average Bonchev–Trinajstić information content (AvgIpc) is 3.02. The van der Waals surface area contributed by atoms with Crippen molar-refractivity contribution in [2.45, 2.75) is 25.8 Å². The first kappa shape index (κ1) is 16.3. The molecule has 5 heteroatoms. The van der Waals surface area contributed by atoms with Crippen molar-refractivity contribution < 1.29 is 9.53 Å². The first-order valence-electron chi connectivity index (χ1n) is 9.02. The van der Waals surface area contributed by atoms with Gasteiger partial charge in [0.05, 0.1) is 18.0 Å². The maximum atomic E-state index is 12.7. The van der Waals surface area contributed by atoms with Crippen LogP contribution in [0.5, 0.6) is 5.88 Å². The van der Waals surface area contributed by atoms with Crippen LogP contribution in [0.4, 0.5) is 0 Å². The minimum absolute atomic E-state index is 0.176. The molecule has 25 heavy (non-hydrogen) atoms. The fourth-order valence-electron chi connectivity index (χ4n) is 4.41. The number of fused-ring (bicyclic) bond motifs is 1. The number of hydrogen-bond acceptors (Lipinski definition) is 4. The van der Waals surface area contributed by atoms with E-state index in [0.29, 0.717) is 11.8 Å². The predicted molar refractivity (Wildman–Crippen MR) is 97.5 cm³/mol. The third kappa shape index (κ3) is 2.86. The molecule has 0 radical (unpaired) electrons. The molecule has 0 aliphatic carbocycles. The molecule has 1 aromatic heterocycles. The lowest BCUT2D eigenvalue weighted by Crippen LogP contribution is -2.48. The zero-order valence-electron chi connectivity index (χ0n) is 15.0. The Hall–Kier alpha value is -2.14. The predicted octanol–water partition coefficient (Wildman–Crippen LogP) is 2.69. The molecule has 1 aromatic carbocycles. The van der Waals surface area contributed by atoms with Crippen LogP contribution >= 0.6 is 0 Å². The van der Waals surface area contributed by atoms with E-state index >= 15 is 0 Å². The van der Waals surface area contributed by atoms with Crippen LogP contribution in [-0.4, -0.2) is 54.5 Å². The summed E-state index contributed by atoms with van der Waals surface area (Å²) >= 11 is 0. The Morgan fingerprint density at radius 1 is 1.24 bits per heavy atom. The molecular formula is C20H25N3O2. The highest BCUT2D eigenvalue weighted by Gasteiger charge is 2.47. The van der Waals surface area contributed by atoms with E-state index in [1.807, 2.05) is 30.1 Å². The maximum absolute atomic E-state index is 12.7. The molecule has 0 saturated carbocycles. The monoisotopic (exact) mass is 339 g/mol. The number of ether oxygens (including phenoxy) is 1. The molecule has 2 saturated heterocycles. The summed E-state index contributed by atoms with van der Waals surface area (Å²) in [6, 6.07) is 10.3. The number of likely N-dealkylation sites (tertiary alicyclic amines) is 2. The maximum Gasteiger partial charge on any atom is 0.229 e. The lowest BCUT2D eigenvalue weighted by Gasteiger charge is -2.37. The van der Waals surface area contributed by atoms with Crippen molar-refractivity contribution in [1.82, 2.24) is 14.8 Å². The number of rotatable bonds is 3. The first-order valence-corrected chi connectivity index (χ1v) is 9.02. The van der Waals surface area contributed by atoms with Gasteiger partial charge in [0.15, 0.2) is 0 Å². The van der Waals surface area contributed by atoms with E-state index in [0.717, 1.165) is 61.9 Å². The van der Waals surface area contributed by atoms with E-state index < -0.39 is 0 Å². The van der Waals surface area contributed by atoms with E-state index in [1.165, 1.54) is 0 Å². The Kier molecular flexibility index (Phi) is 4.12. The van der Waals surface area contributed by atoms with E-state index in [1.54, 1.807) is 7.11 Å². The summed E-state index contributed by atoms with van der Waals surface area (Å²) in [5.74, 6) is 1.01. The number of aromatic nitrogens is 1. The average molecular weight is 339 g/mol. The van der Waals surface area contributed by atoms with Gasteiger partial charge in [0.1, 0.15) is 0 Å². The summed E-state index contributed by atoms with van der Waals surface area (Å²) in [5.41, 5.74) is 1.87. The number of nitrogens with zero attached hydrogens (tertiary/aromatic N) is 3. The number of methoxy groups -OCH3 is 1. The van der Waals surface area contributed by atoms with Gasteiger partial charge in [0, 0.05) is 37.6 Å². The van der Waals surface area contributed by atoms with E-state index in [-0.39, 0.29) is 5.41 Å². The fourth-order valence-corrected chi connectivity index (χ4v) is 4.41. The quantitative estimate of drug-likeness (QED) is 0.862. The van der Waals surface area contributed by atoms with Crippen molar-refractivity contribution in [3.63, 3.8) is 0 Å². The molecule has 2 aliphatic rings. The number of carbonyl (C=O) groups excluding carboxylic acids is 1. The number of pyridine rings is 1. The van der Waals surface area contributed by atoms with Gasteiger partial charge in [-0.3, -0.25) is 9.69 Å². The summed E-state index contributed by atoms with van der Waals surface area (Å²) in [7, 11) is 3.61. The number of benzene rings is 1. The minimum Gasteiger partial charge on any atom is -0.481 e. The topological polar surface area (TPSA) is 45.7 Å². The Balaban J connectivity index is 1.57. The van der Waals surface area contributed by atoms with Gasteiger partial charge in [-0.15, -0.1) is 0 Å². The SMILES string of the molecule is COc1nc2ccccc2cc1CN1CC[C@@]2(CCCN(C)C2=O)C1. The van der Waals surface area contributed by atoms with Gasteiger partial charge in [-0.2, -0.15) is 0 Å². The van der Waals surface area contributed by atoms with Crippen LogP contribution in [-0.2, 0) is 11.3 Å². The molecule has 0 unspecified atom stereocenters. The van der Waals surface area contributed by atoms with Crippen molar-refractivity contribution >= 4 is 16.8 Å². The van der Waals surface area contributed by atoms with Crippen LogP contribution in [0.1, 0.15) is 24.8 Å². The molecule has 0 N–H and O–H groups in total. The number of para-hydroxylation sites is 1. The lowest BCUT2D eigenvalue weighted by atomic mass is 9.78. The van der Waals surface area contributed by atoms with Crippen LogP contribution in [0.15, 0.2) is 30.3 Å². The van der Waals surface area contributed by atoms with Gasteiger partial charge in [0.25, 0.3) is 0 Å². The molecule has 2 aromatic rings. The zero-order chi connectivity index (χ0) is 17.4. The van der Waals surface area contributed by atoms with E-state index in [9.17, 15) is 4.79 Å². The van der Waals surface area contributed by atoms with E-state index in [4.69, 9.17) is 4.74 Å². The molecule has 1 spiro atoms. The Morgan fingerprint density at radius 3 is 2.92 bits per heavy atom. The largest absolute Gasteiger partial charge is 0.481 e. The van der Waals surface area contributed by atoms with Crippen LogP contribution in [0.2, 0.25) is 0 Å². The minimum atomic E-state index is -0.176. The molecule has 1 atom stereocenters. The van der Waals surface area contributed by atoms with Crippen LogP contribution in [0.25, 0.3) is 10.9 Å². The van der Waals surface area contributed by atoms with Crippen LogP contribution in [0, 0.1) is 5.41 Å². The second-order valence-electron chi connectivity index (χ2n) is 7.42. The standard InChI is InChI=1S/C20H25N3O2/c1-22-10-5-8-20(19(22)24)9-11-23(14-20)13-16-12-15-6-3-4-7-17(15)21-18(16)25-2/h3-4,6-7,12H,5,8-11,13-14H2,1-2H3/t20-/m0/s1. The second-order valence-corrected chi connectivity index (χ2v) is 7.42. The van der Waals surface area contributed by atoms with Crippen molar-refractivity contribution in [2.24, 2.45) is 5.41 Å². The second kappa shape index (κ2) is 6.30. The smallest absolute Gasteiger partial charge is 0.229 e. The molecule has 132 valence electrons. The third-order valence-corrected chi connectivity index (χ3v) is 5.73. The molecule has 1 amide bonds. The lowest BCUT2D eigenvalue weighted by molar-refractivity contribution is -0.143. The van der Waals surface area contributed by atoms with Gasteiger partial charge in [-0.25, -0.2) is 4.98 Å². The first-order chi connectivity index (χ1) is 12.1. The summed E-state index contributed by atoms with van der Waals surface area (Å²) in [6.45, 7) is 3.46. The highest BCUT2D eigenvalue weighted by atomic mass is 16.5. The fraction of sp³-hybridized carbons (Fsp3) is 0.500. The van der Waals surface area contributed by atoms with Gasteiger partial charge < -0.3 is 9.64 Å². The van der Waals surface area contributed by atoms with Crippen molar-refractivity contribution in [1.29, 1.82) is 0 Å². The number of amides is 1. The third-order valence-electron chi connectivity index (χ3n) is 5.73. The van der Waals surface area contributed by atoms with Crippen LogP contribution in [0.3, 0.4) is 0 Å². The summed E-state index contributed by atoms with van der Waals surface area (Å²) < 4.78 is 5.53. The molecule has 5 nitrogen and oxygen atoms in total. The van der Waals surface area contributed by atoms with Crippen molar-refractivity contribution in [2.75, 3.05) is 33.8 Å². The number of piperidine rings is 1. The van der Waals surface area contributed by atoms with Gasteiger partial charge in [0.2, 0.25) is 11.8 Å². The summed E-state index contributed by atoms with van der Waals surface area (Å²) in [6.07, 6.45) is 3.08. The normalized spacial score (nSPS) is 24.4. The Morgan fingerprint density at radius 2 is 2.08 bits per heavy atom. The van der Waals surface area contributed by atoms with Gasteiger partial charge in [-0.1, -0.05) is 18.2 Å². The molecule has 2 fully saturated rings. The molecule has 2 aliphatic heterocycles. The zero-order valence-corrected chi connectivity index (χ0v) is 15.0. The van der Waals surface area contributed by atoms with Crippen molar-refractivity contribution in [3.8, 4) is 5.88 Å². The molecule has 0 bridgehead atoms. The van der Waals surface area contributed by atoms with Gasteiger partial charge in [-0.05, 0) is 37.9 Å². The summed E-state index contributed by atoms with van der Waals surface area (Å²) in [5, 5.41) is 1.13. The molecule has 4 rings (SSSR count). The number of carbonyl (C=O) groups is 1. The Bertz CT molecular complexity index is 807.